The molecule has 24 heavy (non-hydrogen) atoms. The van der Waals surface area contributed by atoms with Crippen LogP contribution in [0.15, 0.2) is 23.1 Å². The Labute approximate surface area is 138 Å². The minimum Gasteiger partial charge on any atom is -0.490 e. The number of benzene rings is 1. The molecule has 3 atom stereocenters. The van der Waals surface area contributed by atoms with Crippen molar-refractivity contribution in [3.8, 4) is 5.75 Å². The summed E-state index contributed by atoms with van der Waals surface area (Å²) in [6.07, 6.45) is 1.42. The third kappa shape index (κ3) is 2.42. The first-order valence-corrected chi connectivity index (χ1v) is 8.80. The molecule has 0 spiro atoms. The Hall–Kier alpha value is -2.20. The molecule has 10 heteroatoms. The monoisotopic (exact) mass is 356 g/mol. The van der Waals surface area contributed by atoms with Crippen molar-refractivity contribution in [2.45, 2.75) is 36.2 Å². The van der Waals surface area contributed by atoms with E-state index in [-0.39, 0.29) is 22.4 Å². The normalized spacial score (nSPS) is 26.5. The van der Waals surface area contributed by atoms with Gasteiger partial charge < -0.3 is 9.84 Å². The molecule has 2 fully saturated rings. The van der Waals surface area contributed by atoms with Crippen molar-refractivity contribution >= 4 is 21.7 Å². The number of aliphatic carboxylic acids is 1. The zero-order chi connectivity index (χ0) is 17.6. The molecule has 0 saturated carbocycles. The van der Waals surface area contributed by atoms with Gasteiger partial charge in [-0.3, -0.25) is 14.9 Å². The first-order chi connectivity index (χ1) is 11.3. The minimum atomic E-state index is -3.95. The lowest BCUT2D eigenvalue weighted by atomic mass is 9.89. The Balaban J connectivity index is 2.00. The SMILES string of the molecule is COc1cc(S(=O)(=O)N2C3CCC2C(C(=O)O)C3)ccc1[N+](=O)[O-]. The minimum absolute atomic E-state index is 0.132. The van der Waals surface area contributed by atoms with Crippen molar-refractivity contribution in [3.05, 3.63) is 28.3 Å². The molecule has 130 valence electrons. The van der Waals surface area contributed by atoms with Crippen LogP contribution in [0.1, 0.15) is 19.3 Å². The van der Waals surface area contributed by atoms with Gasteiger partial charge in [0.2, 0.25) is 10.0 Å². The van der Waals surface area contributed by atoms with Crippen LogP contribution >= 0.6 is 0 Å². The summed E-state index contributed by atoms with van der Waals surface area (Å²) in [5.41, 5.74) is -0.329. The van der Waals surface area contributed by atoms with Crippen LogP contribution in [-0.2, 0) is 14.8 Å². The van der Waals surface area contributed by atoms with Gasteiger partial charge in [0.1, 0.15) is 0 Å². The molecule has 0 amide bonds. The van der Waals surface area contributed by atoms with Gasteiger partial charge in [0, 0.05) is 24.2 Å². The fourth-order valence-electron chi connectivity index (χ4n) is 3.67. The molecule has 3 rings (SSSR count). The van der Waals surface area contributed by atoms with E-state index in [2.05, 4.69) is 0 Å². The summed E-state index contributed by atoms with van der Waals surface area (Å²) in [6, 6.07) is 2.43. The second-order valence-electron chi connectivity index (χ2n) is 5.90. The van der Waals surface area contributed by atoms with Gasteiger partial charge in [0.05, 0.1) is 22.8 Å². The molecule has 1 aromatic carbocycles. The van der Waals surface area contributed by atoms with Gasteiger partial charge in [-0.25, -0.2) is 8.42 Å². The second-order valence-corrected chi connectivity index (χ2v) is 7.75. The standard InChI is InChI=1S/C14H16N2O7S/c1-23-13-7-9(3-5-12(13)16(19)20)24(21,22)15-8-2-4-11(15)10(6-8)14(17)18/h3,5,7-8,10-11H,2,4,6H2,1H3,(H,17,18). The summed E-state index contributed by atoms with van der Waals surface area (Å²) in [5, 5.41) is 20.2. The maximum atomic E-state index is 12.9. The number of fused-ring (bicyclic) bond motifs is 2. The van der Waals surface area contributed by atoms with Gasteiger partial charge in [-0.15, -0.1) is 0 Å². The van der Waals surface area contributed by atoms with Gasteiger partial charge in [0.25, 0.3) is 0 Å². The highest BCUT2D eigenvalue weighted by atomic mass is 32.2. The molecule has 9 nitrogen and oxygen atoms in total. The van der Waals surface area contributed by atoms with E-state index in [0.717, 1.165) is 18.2 Å². The summed E-state index contributed by atoms with van der Waals surface area (Å²) in [5.74, 6) is -1.86. The fraction of sp³-hybridized carbons (Fsp3) is 0.500. The zero-order valence-corrected chi connectivity index (χ0v) is 13.6. The Morgan fingerprint density at radius 2 is 2.12 bits per heavy atom. The number of nitro benzene ring substituents is 1. The van der Waals surface area contributed by atoms with Crippen LogP contribution in [0.3, 0.4) is 0 Å². The van der Waals surface area contributed by atoms with Gasteiger partial charge in [-0.05, 0) is 25.3 Å². The van der Waals surface area contributed by atoms with E-state index in [4.69, 9.17) is 4.74 Å². The Bertz CT molecular complexity index is 807. The van der Waals surface area contributed by atoms with Crippen LogP contribution in [0.25, 0.3) is 0 Å². The molecule has 0 aromatic heterocycles. The lowest BCUT2D eigenvalue weighted by Crippen LogP contribution is -2.37. The Morgan fingerprint density at radius 1 is 1.42 bits per heavy atom. The van der Waals surface area contributed by atoms with Crippen molar-refractivity contribution in [2.24, 2.45) is 5.92 Å². The highest BCUT2D eigenvalue weighted by molar-refractivity contribution is 7.89. The van der Waals surface area contributed by atoms with Crippen LogP contribution in [0.5, 0.6) is 5.75 Å². The number of methoxy groups -OCH3 is 1. The van der Waals surface area contributed by atoms with E-state index >= 15 is 0 Å². The van der Waals surface area contributed by atoms with Gasteiger partial charge in [0.15, 0.2) is 5.75 Å². The summed E-state index contributed by atoms with van der Waals surface area (Å²) in [4.78, 5) is 21.4. The molecule has 1 N–H and O–H groups in total. The number of carboxylic acid groups (broad SMARTS) is 1. The topological polar surface area (TPSA) is 127 Å². The van der Waals surface area contributed by atoms with E-state index in [1.807, 2.05) is 0 Å². The van der Waals surface area contributed by atoms with E-state index in [0.29, 0.717) is 19.3 Å². The third-order valence-electron chi connectivity index (χ3n) is 4.71. The lowest BCUT2D eigenvalue weighted by Gasteiger charge is -2.22. The van der Waals surface area contributed by atoms with Gasteiger partial charge >= 0.3 is 11.7 Å². The largest absolute Gasteiger partial charge is 0.490 e. The van der Waals surface area contributed by atoms with E-state index < -0.39 is 32.9 Å². The van der Waals surface area contributed by atoms with Gasteiger partial charge in [-0.2, -0.15) is 4.31 Å². The van der Waals surface area contributed by atoms with E-state index in [1.54, 1.807) is 0 Å². The first kappa shape index (κ1) is 16.7. The highest BCUT2D eigenvalue weighted by Crippen LogP contribution is 2.45. The van der Waals surface area contributed by atoms with Crippen LogP contribution < -0.4 is 4.74 Å². The molecular weight excluding hydrogens is 340 g/mol. The van der Waals surface area contributed by atoms with Crippen LogP contribution in [0, 0.1) is 16.0 Å². The van der Waals surface area contributed by atoms with E-state index in [1.165, 1.54) is 11.4 Å². The molecule has 2 bridgehead atoms. The summed E-state index contributed by atoms with van der Waals surface area (Å²) in [6.45, 7) is 0. The molecule has 1 aromatic rings. The average molecular weight is 356 g/mol. The van der Waals surface area contributed by atoms with Crippen molar-refractivity contribution in [1.82, 2.24) is 4.31 Å². The second kappa shape index (κ2) is 5.71. The Kier molecular flexibility index (Phi) is 3.96. The Morgan fingerprint density at radius 3 is 2.67 bits per heavy atom. The summed E-state index contributed by atoms with van der Waals surface area (Å²) in [7, 11) is -2.73. The highest BCUT2D eigenvalue weighted by Gasteiger charge is 2.54. The summed E-state index contributed by atoms with van der Waals surface area (Å²) < 4.78 is 32.0. The van der Waals surface area contributed by atoms with Crippen LogP contribution in [0.2, 0.25) is 0 Å². The zero-order valence-electron chi connectivity index (χ0n) is 12.8. The van der Waals surface area contributed by atoms with Crippen molar-refractivity contribution in [1.29, 1.82) is 0 Å². The van der Waals surface area contributed by atoms with Crippen LogP contribution in [0.4, 0.5) is 5.69 Å². The predicted molar refractivity (Wildman–Crippen MR) is 81.2 cm³/mol. The van der Waals surface area contributed by atoms with Gasteiger partial charge in [-0.1, -0.05) is 0 Å². The number of sulfonamides is 1. The molecule has 2 aliphatic rings. The molecule has 2 heterocycles. The number of nitro groups is 1. The van der Waals surface area contributed by atoms with E-state index in [9.17, 15) is 28.4 Å². The first-order valence-electron chi connectivity index (χ1n) is 7.36. The number of carboxylic acids is 1. The quantitative estimate of drug-likeness (QED) is 0.621. The van der Waals surface area contributed by atoms with Crippen molar-refractivity contribution < 1.29 is 28.0 Å². The number of hydrogen-bond donors (Lipinski definition) is 1. The van der Waals surface area contributed by atoms with Crippen molar-refractivity contribution in [2.75, 3.05) is 7.11 Å². The number of ether oxygens (including phenoxy) is 1. The lowest BCUT2D eigenvalue weighted by molar-refractivity contribution is -0.385. The molecule has 2 aliphatic heterocycles. The third-order valence-corrected chi connectivity index (χ3v) is 6.69. The maximum absolute atomic E-state index is 12.9. The maximum Gasteiger partial charge on any atom is 0.310 e. The fourth-order valence-corrected chi connectivity index (χ4v) is 5.60. The molecule has 3 unspecified atom stereocenters. The number of carbonyl (C=O) groups is 1. The molecule has 2 saturated heterocycles. The number of hydrogen-bond acceptors (Lipinski definition) is 6. The smallest absolute Gasteiger partial charge is 0.310 e. The number of nitrogens with zero attached hydrogens (tertiary/aromatic N) is 2. The van der Waals surface area contributed by atoms with Crippen LogP contribution in [-0.4, -0.2) is 47.9 Å². The van der Waals surface area contributed by atoms with Crippen molar-refractivity contribution in [3.63, 3.8) is 0 Å². The number of rotatable bonds is 5. The predicted octanol–water partition coefficient (Wildman–Crippen LogP) is 1.23. The molecule has 0 aliphatic carbocycles. The summed E-state index contributed by atoms with van der Waals surface area (Å²) >= 11 is 0. The molecule has 0 radical (unpaired) electrons. The molecular formula is C14H16N2O7S. The average Bonchev–Trinajstić information content (AvgIpc) is 3.12.